The predicted molar refractivity (Wildman–Crippen MR) is 111 cm³/mol. The molecule has 0 bridgehead atoms. The minimum Gasteiger partial charge on any atom is -0.492 e. The van der Waals surface area contributed by atoms with Crippen molar-refractivity contribution < 1.29 is 9.53 Å². The van der Waals surface area contributed by atoms with Crippen molar-refractivity contribution >= 4 is 28.8 Å². The predicted octanol–water partition coefficient (Wildman–Crippen LogP) is 3.10. The highest BCUT2D eigenvalue weighted by molar-refractivity contribution is 7.09. The summed E-state index contributed by atoms with van der Waals surface area (Å²) in [6.45, 7) is 7.84. The summed E-state index contributed by atoms with van der Waals surface area (Å²) in [5, 5.41) is 5.78. The summed E-state index contributed by atoms with van der Waals surface area (Å²) in [7, 11) is 0. The van der Waals surface area contributed by atoms with Crippen molar-refractivity contribution in [3.8, 4) is 5.75 Å². The molecule has 1 atom stereocenters. The van der Waals surface area contributed by atoms with Gasteiger partial charge in [0.05, 0.1) is 12.6 Å². The second-order valence-electron chi connectivity index (χ2n) is 6.65. The molecule has 27 heavy (non-hydrogen) atoms. The molecular formula is C20H26ClN3O2S. The van der Waals surface area contributed by atoms with Crippen LogP contribution in [0.5, 0.6) is 5.75 Å². The topological polar surface area (TPSA) is 44.8 Å². The molecule has 1 aromatic heterocycles. The number of ether oxygens (including phenoxy) is 1. The molecule has 1 aromatic carbocycles. The summed E-state index contributed by atoms with van der Waals surface area (Å²) in [5.41, 5.74) is 0. The van der Waals surface area contributed by atoms with Crippen LogP contribution in [0.25, 0.3) is 0 Å². The third-order valence-electron chi connectivity index (χ3n) is 4.84. The monoisotopic (exact) mass is 407 g/mol. The number of rotatable bonds is 8. The molecule has 7 heteroatoms. The molecule has 1 saturated heterocycles. The molecule has 5 nitrogen and oxygen atoms in total. The number of hydrogen-bond acceptors (Lipinski definition) is 5. The molecular weight excluding hydrogens is 382 g/mol. The molecule has 2 heterocycles. The second-order valence-corrected chi connectivity index (χ2v) is 8.12. The fraction of sp³-hybridized carbons (Fsp3) is 0.450. The molecule has 1 aliphatic rings. The number of amides is 1. The number of thiophene rings is 1. The van der Waals surface area contributed by atoms with Gasteiger partial charge in [0.2, 0.25) is 5.91 Å². The lowest BCUT2D eigenvalue weighted by Gasteiger charge is -2.37. The van der Waals surface area contributed by atoms with Crippen LogP contribution in [0.15, 0.2) is 41.8 Å². The van der Waals surface area contributed by atoms with Crippen molar-refractivity contribution in [2.75, 3.05) is 39.3 Å². The van der Waals surface area contributed by atoms with Gasteiger partial charge in [-0.1, -0.05) is 17.7 Å². The van der Waals surface area contributed by atoms with E-state index in [1.807, 2.05) is 48.7 Å². The van der Waals surface area contributed by atoms with Gasteiger partial charge in [-0.2, -0.15) is 0 Å². The van der Waals surface area contributed by atoms with Crippen LogP contribution < -0.4 is 10.1 Å². The van der Waals surface area contributed by atoms with Crippen molar-refractivity contribution in [1.82, 2.24) is 15.1 Å². The second kappa shape index (κ2) is 10.1. The summed E-state index contributed by atoms with van der Waals surface area (Å²) < 4.78 is 5.77. The third-order valence-corrected chi connectivity index (χ3v) is 5.97. The molecule has 1 aliphatic heterocycles. The van der Waals surface area contributed by atoms with Crippen molar-refractivity contribution in [1.29, 1.82) is 0 Å². The summed E-state index contributed by atoms with van der Waals surface area (Å²) in [5.74, 6) is 0.942. The van der Waals surface area contributed by atoms with Gasteiger partial charge in [0.25, 0.3) is 0 Å². The first kappa shape index (κ1) is 20.1. The minimum atomic E-state index is -0.0996. The smallest absolute Gasteiger partial charge is 0.237 e. The van der Waals surface area contributed by atoms with E-state index in [1.54, 1.807) is 11.3 Å². The van der Waals surface area contributed by atoms with Gasteiger partial charge in [0.1, 0.15) is 12.4 Å². The number of carbonyl (C=O) groups is 1. The van der Waals surface area contributed by atoms with Crippen molar-refractivity contribution in [3.63, 3.8) is 0 Å². The highest BCUT2D eigenvalue weighted by atomic mass is 35.5. The van der Waals surface area contributed by atoms with Crippen LogP contribution in [-0.2, 0) is 11.3 Å². The van der Waals surface area contributed by atoms with E-state index in [0.29, 0.717) is 18.2 Å². The quantitative estimate of drug-likeness (QED) is 0.730. The first-order valence-corrected chi connectivity index (χ1v) is 10.5. The lowest BCUT2D eigenvalue weighted by Crippen LogP contribution is -2.54. The molecule has 1 fully saturated rings. The summed E-state index contributed by atoms with van der Waals surface area (Å²) in [4.78, 5) is 18.2. The van der Waals surface area contributed by atoms with E-state index >= 15 is 0 Å². The lowest BCUT2D eigenvalue weighted by molar-refractivity contribution is -0.126. The fourth-order valence-corrected chi connectivity index (χ4v) is 3.87. The molecule has 146 valence electrons. The zero-order valence-electron chi connectivity index (χ0n) is 15.6. The van der Waals surface area contributed by atoms with Gasteiger partial charge in [-0.15, -0.1) is 11.3 Å². The Bertz CT molecular complexity index is 701. The number of piperazine rings is 1. The maximum absolute atomic E-state index is 12.4. The molecule has 0 radical (unpaired) electrons. The average Bonchev–Trinajstić information content (AvgIpc) is 3.21. The minimum absolute atomic E-state index is 0.0996. The van der Waals surface area contributed by atoms with Gasteiger partial charge < -0.3 is 10.1 Å². The van der Waals surface area contributed by atoms with E-state index in [4.69, 9.17) is 16.3 Å². The Morgan fingerprint density at radius 3 is 2.63 bits per heavy atom. The van der Waals surface area contributed by atoms with Crippen LogP contribution in [0.3, 0.4) is 0 Å². The Morgan fingerprint density at radius 1 is 1.22 bits per heavy atom. The van der Waals surface area contributed by atoms with Gasteiger partial charge in [-0.3, -0.25) is 14.6 Å². The first-order chi connectivity index (χ1) is 13.1. The van der Waals surface area contributed by atoms with Gasteiger partial charge >= 0.3 is 0 Å². The van der Waals surface area contributed by atoms with Crippen LogP contribution >= 0.6 is 22.9 Å². The molecule has 0 saturated carbocycles. The molecule has 1 amide bonds. The third kappa shape index (κ3) is 6.21. The normalized spacial score (nSPS) is 16.8. The molecule has 0 unspecified atom stereocenters. The van der Waals surface area contributed by atoms with E-state index in [1.165, 1.54) is 4.88 Å². The standard InChI is InChI=1S/C20H26ClN3O2S/c1-16(20(25)22-15-19-3-2-14-27-19)24-10-8-23(9-11-24)12-13-26-18-6-4-17(21)5-7-18/h2-7,14,16H,8-13,15H2,1H3,(H,22,25)/t16-/m0/s1. The Labute approximate surface area is 169 Å². The van der Waals surface area contributed by atoms with E-state index in [-0.39, 0.29) is 11.9 Å². The van der Waals surface area contributed by atoms with Gasteiger partial charge in [0, 0.05) is 42.6 Å². The highest BCUT2D eigenvalue weighted by Gasteiger charge is 2.25. The highest BCUT2D eigenvalue weighted by Crippen LogP contribution is 2.15. The van der Waals surface area contributed by atoms with Crippen molar-refractivity contribution in [3.05, 3.63) is 51.7 Å². The zero-order valence-corrected chi connectivity index (χ0v) is 17.1. The summed E-state index contributed by atoms with van der Waals surface area (Å²) in [6, 6.07) is 11.4. The average molecular weight is 408 g/mol. The molecule has 3 rings (SSSR count). The number of halogens is 1. The molecule has 0 aliphatic carbocycles. The first-order valence-electron chi connectivity index (χ1n) is 9.26. The Balaban J connectivity index is 1.34. The molecule has 2 aromatic rings. The van der Waals surface area contributed by atoms with E-state index in [0.717, 1.165) is 38.5 Å². The van der Waals surface area contributed by atoms with Gasteiger partial charge in [-0.05, 0) is 42.6 Å². The Hall–Kier alpha value is -1.60. The lowest BCUT2D eigenvalue weighted by atomic mass is 10.2. The van der Waals surface area contributed by atoms with Crippen molar-refractivity contribution in [2.45, 2.75) is 19.5 Å². The molecule has 0 spiro atoms. The maximum atomic E-state index is 12.4. The van der Waals surface area contributed by atoms with Crippen LogP contribution in [0.1, 0.15) is 11.8 Å². The van der Waals surface area contributed by atoms with E-state index < -0.39 is 0 Å². The van der Waals surface area contributed by atoms with E-state index in [2.05, 4.69) is 15.1 Å². The fourth-order valence-electron chi connectivity index (χ4n) is 3.10. The van der Waals surface area contributed by atoms with Crippen molar-refractivity contribution in [2.24, 2.45) is 0 Å². The number of benzene rings is 1. The van der Waals surface area contributed by atoms with E-state index in [9.17, 15) is 4.79 Å². The Kier molecular flexibility index (Phi) is 7.52. The van der Waals surface area contributed by atoms with Crippen LogP contribution in [-0.4, -0.2) is 61.1 Å². The van der Waals surface area contributed by atoms with Gasteiger partial charge in [-0.25, -0.2) is 0 Å². The Morgan fingerprint density at radius 2 is 1.96 bits per heavy atom. The number of hydrogen-bond donors (Lipinski definition) is 1. The number of carbonyl (C=O) groups excluding carboxylic acids is 1. The van der Waals surface area contributed by atoms with Crippen LogP contribution in [0, 0.1) is 0 Å². The number of nitrogens with one attached hydrogen (secondary N) is 1. The number of nitrogens with zero attached hydrogens (tertiary/aromatic N) is 2. The van der Waals surface area contributed by atoms with Gasteiger partial charge in [0.15, 0.2) is 0 Å². The van der Waals surface area contributed by atoms with Crippen LogP contribution in [0.4, 0.5) is 0 Å². The summed E-state index contributed by atoms with van der Waals surface area (Å²) in [6.07, 6.45) is 0. The molecule has 1 N–H and O–H groups in total. The summed E-state index contributed by atoms with van der Waals surface area (Å²) >= 11 is 7.54. The SMILES string of the molecule is C[C@@H](C(=O)NCc1cccs1)N1CCN(CCOc2ccc(Cl)cc2)CC1. The largest absolute Gasteiger partial charge is 0.492 e. The van der Waals surface area contributed by atoms with Crippen LogP contribution in [0.2, 0.25) is 5.02 Å². The maximum Gasteiger partial charge on any atom is 0.237 e. The zero-order chi connectivity index (χ0) is 19.1.